The van der Waals surface area contributed by atoms with Crippen LogP contribution in [0, 0.1) is 0 Å². The number of nitrogens with one attached hydrogen (secondary N) is 1. The Morgan fingerprint density at radius 1 is 0.929 bits per heavy atom. The van der Waals surface area contributed by atoms with Crippen LogP contribution in [0.2, 0.25) is 0 Å². The molecule has 3 N–H and O–H groups in total. The molecule has 1 aliphatic heterocycles. The van der Waals surface area contributed by atoms with E-state index in [0.717, 1.165) is 17.6 Å². The zero-order valence-electron chi connectivity index (χ0n) is 17.5. The second-order valence-electron chi connectivity index (χ2n) is 8.31. The zero-order chi connectivity index (χ0) is 19.8. The minimum atomic E-state index is 0.0185. The van der Waals surface area contributed by atoms with E-state index in [-0.39, 0.29) is 6.04 Å². The third-order valence-electron chi connectivity index (χ3n) is 6.07. The van der Waals surface area contributed by atoms with Gasteiger partial charge < -0.3 is 24.8 Å². The molecule has 5 nitrogen and oxygen atoms in total. The van der Waals surface area contributed by atoms with Gasteiger partial charge in [0.05, 0.1) is 24.6 Å². The highest BCUT2D eigenvalue weighted by Crippen LogP contribution is 2.26. The quantitative estimate of drug-likeness (QED) is 0.753. The molecule has 1 saturated carbocycles. The number of furan rings is 2. The molecule has 1 aliphatic carbocycles. The molecule has 0 amide bonds. The molecule has 2 aliphatic rings. The fourth-order valence-corrected chi connectivity index (χ4v) is 4.40. The van der Waals surface area contributed by atoms with Gasteiger partial charge in [0.2, 0.25) is 0 Å². The summed E-state index contributed by atoms with van der Waals surface area (Å²) < 4.78 is 10.5. The Morgan fingerprint density at radius 3 is 2.04 bits per heavy atom. The van der Waals surface area contributed by atoms with Crippen LogP contribution in [0.25, 0.3) is 0 Å². The molecule has 28 heavy (non-hydrogen) atoms. The summed E-state index contributed by atoms with van der Waals surface area (Å²) in [7, 11) is 0. The zero-order valence-corrected chi connectivity index (χ0v) is 17.5. The van der Waals surface area contributed by atoms with Crippen LogP contribution in [0.15, 0.2) is 45.6 Å². The van der Waals surface area contributed by atoms with Gasteiger partial charge in [0, 0.05) is 12.1 Å². The highest BCUT2D eigenvalue weighted by molar-refractivity contribution is 5.04. The number of hydrogen-bond donors (Lipinski definition) is 2. The summed E-state index contributed by atoms with van der Waals surface area (Å²) in [6.07, 6.45) is 13.1. The van der Waals surface area contributed by atoms with Crippen LogP contribution in [0.1, 0.15) is 82.4 Å². The Kier molecular flexibility index (Phi) is 8.19. The van der Waals surface area contributed by atoms with Gasteiger partial charge in [-0.15, -0.1) is 0 Å². The largest absolute Gasteiger partial charge is 0.468 e. The maximum Gasteiger partial charge on any atom is 0.120 e. The lowest BCUT2D eigenvalue weighted by atomic mass is 9.92. The van der Waals surface area contributed by atoms with Crippen LogP contribution in [0.3, 0.4) is 0 Å². The molecular formula is C23H37N3O2. The van der Waals surface area contributed by atoms with Gasteiger partial charge in [0.15, 0.2) is 0 Å². The van der Waals surface area contributed by atoms with Crippen LogP contribution < -0.4 is 11.1 Å². The van der Waals surface area contributed by atoms with Gasteiger partial charge in [0.25, 0.3) is 0 Å². The van der Waals surface area contributed by atoms with Gasteiger partial charge in [0.1, 0.15) is 11.5 Å². The van der Waals surface area contributed by atoms with E-state index in [2.05, 4.69) is 23.2 Å². The monoisotopic (exact) mass is 387 g/mol. The number of hydrogen-bond acceptors (Lipinski definition) is 5. The molecule has 1 saturated heterocycles. The molecule has 2 aromatic rings. The number of rotatable bonds is 5. The van der Waals surface area contributed by atoms with E-state index < -0.39 is 0 Å². The summed E-state index contributed by atoms with van der Waals surface area (Å²) in [4.78, 5) is 2.74. The maximum absolute atomic E-state index is 5.48. The normalized spacial score (nSPS) is 21.7. The molecule has 0 spiro atoms. The molecule has 0 unspecified atom stereocenters. The fourth-order valence-electron chi connectivity index (χ4n) is 4.40. The van der Waals surface area contributed by atoms with Gasteiger partial charge >= 0.3 is 0 Å². The van der Waals surface area contributed by atoms with Crippen LogP contribution in [0.4, 0.5) is 0 Å². The summed E-state index contributed by atoms with van der Waals surface area (Å²) in [5.74, 6) is 1.89. The van der Waals surface area contributed by atoms with Crippen LogP contribution in [0.5, 0.6) is 0 Å². The van der Waals surface area contributed by atoms with E-state index in [4.69, 9.17) is 14.6 Å². The highest BCUT2D eigenvalue weighted by Gasteiger charge is 2.27. The van der Waals surface area contributed by atoms with Crippen molar-refractivity contribution in [1.29, 1.82) is 0 Å². The summed E-state index contributed by atoms with van der Waals surface area (Å²) in [6, 6.07) is 9.61. The van der Waals surface area contributed by atoms with E-state index in [9.17, 15) is 0 Å². The van der Waals surface area contributed by atoms with E-state index in [1.165, 1.54) is 58.0 Å². The van der Waals surface area contributed by atoms with Crippen molar-refractivity contribution in [3.05, 3.63) is 48.3 Å². The summed E-state index contributed by atoms with van der Waals surface area (Å²) in [6.45, 7) is 6.63. The van der Waals surface area contributed by atoms with Crippen molar-refractivity contribution in [2.45, 2.75) is 83.0 Å². The van der Waals surface area contributed by atoms with Gasteiger partial charge in [-0.2, -0.15) is 0 Å². The lowest BCUT2D eigenvalue weighted by Crippen LogP contribution is -2.47. The molecule has 2 atom stereocenters. The first-order valence-corrected chi connectivity index (χ1v) is 11.0. The van der Waals surface area contributed by atoms with Gasteiger partial charge in [-0.25, -0.2) is 0 Å². The minimum absolute atomic E-state index is 0.0185. The second kappa shape index (κ2) is 10.8. The van der Waals surface area contributed by atoms with Crippen molar-refractivity contribution in [3.63, 3.8) is 0 Å². The topological polar surface area (TPSA) is 67.6 Å². The Morgan fingerprint density at radius 2 is 1.54 bits per heavy atom. The molecule has 0 bridgehead atoms. The molecule has 5 heteroatoms. The third-order valence-corrected chi connectivity index (χ3v) is 6.07. The molecule has 0 aromatic carbocycles. The molecule has 156 valence electrons. The van der Waals surface area contributed by atoms with Crippen LogP contribution in [-0.4, -0.2) is 30.1 Å². The van der Waals surface area contributed by atoms with Crippen molar-refractivity contribution in [2.24, 2.45) is 5.73 Å². The SMILES string of the molecule is C[C@H](N)c1ccco1.C[C@H](NC1CCN(C2CCCCC2)CC1)c1ccco1. The highest BCUT2D eigenvalue weighted by atomic mass is 16.3. The molecule has 3 heterocycles. The molecule has 2 aromatic heterocycles. The summed E-state index contributed by atoms with van der Waals surface area (Å²) in [5.41, 5.74) is 5.46. The Balaban J connectivity index is 0.000000236. The lowest BCUT2D eigenvalue weighted by molar-refractivity contribution is 0.112. The van der Waals surface area contributed by atoms with Crippen molar-refractivity contribution < 1.29 is 8.83 Å². The van der Waals surface area contributed by atoms with E-state index in [1.807, 2.05) is 25.1 Å². The standard InChI is InChI=1S/C17H28N2O.C6H9NO/c1-14(17-8-5-13-20-17)18-15-9-11-19(12-10-15)16-6-3-2-4-7-16;1-5(7)6-3-2-4-8-6/h5,8,13-16,18H,2-4,6-7,9-12H2,1H3;2-5H,7H2,1H3/t14-;5-/m00/s1. The average molecular weight is 388 g/mol. The Labute approximate surface area is 169 Å². The minimum Gasteiger partial charge on any atom is -0.468 e. The first-order valence-electron chi connectivity index (χ1n) is 11.0. The Hall–Kier alpha value is -1.56. The summed E-state index contributed by atoms with van der Waals surface area (Å²) >= 11 is 0. The summed E-state index contributed by atoms with van der Waals surface area (Å²) in [5, 5.41) is 3.72. The number of piperidine rings is 1. The molecule has 2 fully saturated rings. The predicted molar refractivity (Wildman–Crippen MR) is 113 cm³/mol. The van der Waals surface area contributed by atoms with E-state index >= 15 is 0 Å². The van der Waals surface area contributed by atoms with Crippen LogP contribution >= 0.6 is 0 Å². The number of likely N-dealkylation sites (tertiary alicyclic amines) is 1. The predicted octanol–water partition coefficient (Wildman–Crippen LogP) is 5.03. The lowest BCUT2D eigenvalue weighted by Gasteiger charge is -2.40. The van der Waals surface area contributed by atoms with Gasteiger partial charge in [-0.05, 0) is 76.9 Å². The third kappa shape index (κ3) is 6.23. The van der Waals surface area contributed by atoms with Crippen molar-refractivity contribution >= 4 is 0 Å². The fraction of sp³-hybridized carbons (Fsp3) is 0.652. The smallest absolute Gasteiger partial charge is 0.120 e. The maximum atomic E-state index is 5.48. The Bertz CT molecular complexity index is 625. The molecule has 0 radical (unpaired) electrons. The van der Waals surface area contributed by atoms with Crippen LogP contribution in [-0.2, 0) is 0 Å². The molecular weight excluding hydrogens is 350 g/mol. The number of nitrogens with two attached hydrogens (primary N) is 1. The molecule has 4 rings (SSSR count). The van der Waals surface area contributed by atoms with Crippen molar-refractivity contribution in [3.8, 4) is 0 Å². The number of nitrogens with zero attached hydrogens (tertiary/aromatic N) is 1. The van der Waals surface area contributed by atoms with Crippen molar-refractivity contribution in [1.82, 2.24) is 10.2 Å². The average Bonchev–Trinajstić information content (AvgIpc) is 3.44. The van der Waals surface area contributed by atoms with E-state index in [0.29, 0.717) is 12.1 Å². The second-order valence-corrected chi connectivity index (χ2v) is 8.31. The van der Waals surface area contributed by atoms with Gasteiger partial charge in [-0.3, -0.25) is 0 Å². The first-order chi connectivity index (χ1) is 13.6. The van der Waals surface area contributed by atoms with Gasteiger partial charge in [-0.1, -0.05) is 19.3 Å². The van der Waals surface area contributed by atoms with E-state index in [1.54, 1.807) is 12.5 Å². The van der Waals surface area contributed by atoms with Crippen molar-refractivity contribution in [2.75, 3.05) is 13.1 Å². The first kappa shape index (κ1) is 21.2.